The first kappa shape index (κ1) is 41.8. The second-order valence-corrected chi connectivity index (χ2v) is 12.0. The molecule has 1 aliphatic carbocycles. The molecule has 1 fully saturated rings. The zero-order valence-corrected chi connectivity index (χ0v) is 29.9. The van der Waals surface area contributed by atoms with Gasteiger partial charge in [-0.1, -0.05) is 95.4 Å². The zero-order chi connectivity index (χ0) is 33.2. The molecule has 1 aliphatic rings. The lowest BCUT2D eigenvalue weighted by atomic mass is 9.89. The van der Waals surface area contributed by atoms with Crippen LogP contribution < -0.4 is 15.4 Å². The van der Waals surface area contributed by atoms with Crippen molar-refractivity contribution in [2.45, 2.75) is 124 Å². The molecule has 2 N–H and O–H groups in total. The first-order chi connectivity index (χ1) is 21.0. The summed E-state index contributed by atoms with van der Waals surface area (Å²) in [5, 5.41) is 6.36. The van der Waals surface area contributed by atoms with Crippen LogP contribution in [0.3, 0.4) is 0 Å². The fraction of sp³-hybridized carbons (Fsp3) is 0.639. The maximum absolute atomic E-state index is 13.2. The highest BCUT2D eigenvalue weighted by molar-refractivity contribution is 7.17. The van der Waals surface area contributed by atoms with E-state index < -0.39 is 5.85 Å². The summed E-state index contributed by atoms with van der Waals surface area (Å²) in [7, 11) is 4.64. The minimum absolute atomic E-state index is 0.128. The van der Waals surface area contributed by atoms with E-state index in [1.165, 1.54) is 92.4 Å². The van der Waals surface area contributed by atoms with Gasteiger partial charge in [-0.2, -0.15) is 8.78 Å². The van der Waals surface area contributed by atoms with E-state index in [4.69, 9.17) is 9.73 Å². The number of amidine groups is 1. The Labute approximate surface area is 270 Å². The number of hydrogen-bond donors (Lipinski definition) is 2. The third-order valence-corrected chi connectivity index (χ3v) is 7.33. The molecule has 8 heteroatoms. The van der Waals surface area contributed by atoms with E-state index in [1.807, 2.05) is 19.9 Å². The van der Waals surface area contributed by atoms with E-state index in [9.17, 15) is 8.78 Å². The van der Waals surface area contributed by atoms with Gasteiger partial charge in [-0.25, -0.2) is 0 Å². The molecule has 0 aliphatic heterocycles. The Balaban J connectivity index is 0.00000103. The number of para-hydroxylation sites is 1. The van der Waals surface area contributed by atoms with Gasteiger partial charge in [0.2, 0.25) is 0 Å². The van der Waals surface area contributed by atoms with Gasteiger partial charge < -0.3 is 20.1 Å². The largest absolute Gasteiger partial charge is 0.430 e. The van der Waals surface area contributed by atoms with Crippen LogP contribution >= 0.6 is 9.24 Å². The molecule has 0 aromatic heterocycles. The van der Waals surface area contributed by atoms with Crippen molar-refractivity contribution in [2.75, 3.05) is 20.8 Å². The highest BCUT2D eigenvalue weighted by Gasteiger charge is 2.24. The van der Waals surface area contributed by atoms with Gasteiger partial charge in [0.05, 0.1) is 5.82 Å². The van der Waals surface area contributed by atoms with Crippen molar-refractivity contribution in [1.29, 1.82) is 0 Å². The molecular formula is C36H62F2N3O2P. The van der Waals surface area contributed by atoms with E-state index >= 15 is 0 Å². The average molecular weight is 638 g/mol. The SMILES string of the molecule is C=C(NCc1ccccc1OC(F)(F)P)NC(=NCC1CCCCC1)/C(C)=C\C.CCC=C(CCCC)CCCC.COC. The van der Waals surface area contributed by atoms with Crippen molar-refractivity contribution in [1.82, 2.24) is 10.6 Å². The van der Waals surface area contributed by atoms with Crippen LogP contribution in [0.15, 0.2) is 65.0 Å². The number of benzene rings is 1. The highest BCUT2D eigenvalue weighted by Crippen LogP contribution is 2.29. The Morgan fingerprint density at radius 1 is 1.07 bits per heavy atom. The van der Waals surface area contributed by atoms with E-state index in [0.29, 0.717) is 23.8 Å². The number of aliphatic imine (C=N–C) groups is 1. The fourth-order valence-electron chi connectivity index (χ4n) is 4.70. The minimum Gasteiger partial charge on any atom is -0.430 e. The summed E-state index contributed by atoms with van der Waals surface area (Å²) in [5.74, 6) is -1.20. The molecule has 1 saturated carbocycles. The van der Waals surface area contributed by atoms with Crippen molar-refractivity contribution >= 4 is 15.1 Å². The zero-order valence-electron chi connectivity index (χ0n) is 28.7. The third-order valence-electron chi connectivity index (χ3n) is 7.21. The summed E-state index contributed by atoms with van der Waals surface area (Å²) in [6, 6.07) is 6.70. The molecule has 0 heterocycles. The van der Waals surface area contributed by atoms with Gasteiger partial charge in [0, 0.05) is 32.9 Å². The topological polar surface area (TPSA) is 54.9 Å². The maximum atomic E-state index is 13.2. The number of nitrogens with one attached hydrogen (secondary N) is 2. The molecule has 2 rings (SSSR count). The van der Waals surface area contributed by atoms with E-state index in [-0.39, 0.29) is 5.75 Å². The molecule has 44 heavy (non-hydrogen) atoms. The molecular weight excluding hydrogens is 575 g/mol. The van der Waals surface area contributed by atoms with Gasteiger partial charge in [0.25, 0.3) is 0 Å². The van der Waals surface area contributed by atoms with Gasteiger partial charge in [-0.3, -0.25) is 4.99 Å². The monoisotopic (exact) mass is 637 g/mol. The fourth-order valence-corrected chi connectivity index (χ4v) is 4.83. The van der Waals surface area contributed by atoms with Gasteiger partial charge in [-0.15, -0.1) is 0 Å². The van der Waals surface area contributed by atoms with Crippen molar-refractivity contribution in [3.05, 3.63) is 65.5 Å². The van der Waals surface area contributed by atoms with Gasteiger partial charge in [0.1, 0.15) is 11.6 Å². The third kappa shape index (κ3) is 21.5. The summed E-state index contributed by atoms with van der Waals surface area (Å²) < 4.78 is 35.4. The van der Waals surface area contributed by atoms with Crippen LogP contribution in [0.5, 0.6) is 5.75 Å². The summed E-state index contributed by atoms with van der Waals surface area (Å²) in [6.07, 6.45) is 20.1. The number of unbranched alkanes of at least 4 members (excludes halogenated alkanes) is 2. The van der Waals surface area contributed by atoms with Crippen molar-refractivity contribution in [2.24, 2.45) is 10.9 Å². The van der Waals surface area contributed by atoms with E-state index in [2.05, 4.69) is 48.8 Å². The van der Waals surface area contributed by atoms with Crippen LogP contribution in [0.1, 0.15) is 117 Å². The normalized spacial score (nSPS) is 14.0. The first-order valence-electron chi connectivity index (χ1n) is 16.4. The highest BCUT2D eigenvalue weighted by atomic mass is 31.0. The number of halogens is 2. The molecule has 5 nitrogen and oxygen atoms in total. The molecule has 0 bridgehead atoms. The second-order valence-electron chi connectivity index (χ2n) is 11.3. The van der Waals surface area contributed by atoms with Crippen LogP contribution in [0.25, 0.3) is 0 Å². The Morgan fingerprint density at radius 3 is 2.18 bits per heavy atom. The molecule has 1 aromatic rings. The summed E-state index contributed by atoms with van der Waals surface area (Å²) in [5.41, 5.74) is 3.34. The number of allylic oxidation sites excluding steroid dienone is 3. The van der Waals surface area contributed by atoms with Gasteiger partial charge in [0.15, 0.2) is 0 Å². The molecule has 252 valence electrons. The van der Waals surface area contributed by atoms with E-state index in [1.54, 1.807) is 38.0 Å². The molecule has 0 radical (unpaired) electrons. The lowest BCUT2D eigenvalue weighted by Crippen LogP contribution is -2.32. The second kappa shape index (κ2) is 26.0. The van der Waals surface area contributed by atoms with E-state index in [0.717, 1.165) is 18.0 Å². The predicted molar refractivity (Wildman–Crippen MR) is 190 cm³/mol. The Bertz CT molecular complexity index is 974. The smallest absolute Gasteiger partial charge is 0.408 e. The number of methoxy groups -OCH3 is 1. The van der Waals surface area contributed by atoms with Crippen molar-refractivity contribution in [3.8, 4) is 5.75 Å². The first-order valence-corrected chi connectivity index (χ1v) is 17.0. The average Bonchev–Trinajstić information content (AvgIpc) is 3.00. The van der Waals surface area contributed by atoms with Crippen LogP contribution in [0.4, 0.5) is 8.78 Å². The number of rotatable bonds is 16. The number of hydrogen-bond acceptors (Lipinski definition) is 4. The maximum Gasteiger partial charge on any atom is 0.408 e. The Morgan fingerprint density at radius 2 is 1.66 bits per heavy atom. The molecule has 0 spiro atoms. The van der Waals surface area contributed by atoms with Crippen LogP contribution in [-0.2, 0) is 11.3 Å². The van der Waals surface area contributed by atoms with Gasteiger partial charge >= 0.3 is 5.85 Å². The lowest BCUT2D eigenvalue weighted by molar-refractivity contribution is -0.0897. The quantitative estimate of drug-likeness (QED) is 0.0820. The van der Waals surface area contributed by atoms with Gasteiger partial charge in [-0.05, 0) is 85.6 Å². The predicted octanol–water partition coefficient (Wildman–Crippen LogP) is 10.6. The summed E-state index contributed by atoms with van der Waals surface area (Å²) >= 11 is 0. The molecule has 1 atom stereocenters. The molecule has 0 saturated heterocycles. The number of alkyl halides is 2. The Hall–Kier alpha value is -2.24. The molecule has 1 aromatic carbocycles. The Kier molecular flexibility index (Phi) is 24.7. The lowest BCUT2D eigenvalue weighted by Gasteiger charge is -2.21. The summed E-state index contributed by atoms with van der Waals surface area (Å²) in [4.78, 5) is 4.79. The van der Waals surface area contributed by atoms with Crippen molar-refractivity contribution in [3.63, 3.8) is 0 Å². The summed E-state index contributed by atoms with van der Waals surface area (Å²) in [6.45, 7) is 15.9. The standard InChI is InChI=1S/C22H32F2N3OP.C12H24.C2H6O/c1-4-16(2)21(26-14-18-10-6-5-7-11-18)27-17(3)25-15-19-12-8-9-13-20(19)28-22(23,24)29;1-4-7-10-12(9-6-3)11-8-5-2;1-3-2/h4,8-9,12-13,18,25H,3,5-7,10-11,14-15,29H2,1-2H3,(H,26,27);9H,4-8,10-11H2,1-3H3;1-2H3/b16-4-;;. The molecule has 0 amide bonds. The van der Waals surface area contributed by atoms with Crippen LogP contribution in [0.2, 0.25) is 0 Å². The van der Waals surface area contributed by atoms with Crippen molar-refractivity contribution < 1.29 is 18.3 Å². The number of nitrogens with zero attached hydrogens (tertiary/aromatic N) is 1. The van der Waals surface area contributed by atoms with Crippen LogP contribution in [0, 0.1) is 5.92 Å². The molecule has 1 unspecified atom stereocenters. The minimum atomic E-state index is -3.31. The number of ether oxygens (including phenoxy) is 2. The van der Waals surface area contributed by atoms with Crippen LogP contribution in [-0.4, -0.2) is 32.4 Å².